The highest BCUT2D eigenvalue weighted by Gasteiger charge is 2.34. The lowest BCUT2D eigenvalue weighted by atomic mass is 10.0. The van der Waals surface area contributed by atoms with Crippen molar-refractivity contribution in [3.8, 4) is 0 Å². The van der Waals surface area contributed by atoms with Crippen molar-refractivity contribution in [1.82, 2.24) is 0 Å². The molecule has 0 radical (unpaired) electrons. The number of anilines is 2. The maximum Gasteiger partial charge on any atom is 0.249 e. The van der Waals surface area contributed by atoms with E-state index in [1.165, 1.54) is 4.90 Å². The zero-order valence-corrected chi connectivity index (χ0v) is 12.3. The summed E-state index contributed by atoms with van der Waals surface area (Å²) in [5.74, 6) is -2.07. The van der Waals surface area contributed by atoms with Crippen LogP contribution in [0.2, 0.25) is 0 Å². The molecule has 22 heavy (non-hydrogen) atoms. The molecule has 3 rings (SSSR count). The molecule has 0 fully saturated rings. The number of rotatable bonds is 2. The Bertz CT molecular complexity index is 718. The van der Waals surface area contributed by atoms with E-state index >= 15 is 0 Å². The van der Waals surface area contributed by atoms with E-state index in [0.717, 1.165) is 17.7 Å². The van der Waals surface area contributed by atoms with Gasteiger partial charge < -0.3 is 10.2 Å². The molecule has 0 aromatic heterocycles. The monoisotopic (exact) mass is 302 g/mol. The SMILES string of the molecule is CC1Nc2cc(F)c(F)cc2N(C(C)c2ccccc2)C1=O. The third kappa shape index (κ3) is 2.32. The minimum absolute atomic E-state index is 0.171. The zero-order chi connectivity index (χ0) is 15.9. The van der Waals surface area contributed by atoms with Gasteiger partial charge in [0.2, 0.25) is 5.91 Å². The van der Waals surface area contributed by atoms with Gasteiger partial charge in [-0.15, -0.1) is 0 Å². The van der Waals surface area contributed by atoms with Gasteiger partial charge >= 0.3 is 0 Å². The molecule has 1 aliphatic rings. The third-order valence-electron chi connectivity index (χ3n) is 3.95. The first-order valence-corrected chi connectivity index (χ1v) is 7.12. The number of halogens is 2. The average Bonchev–Trinajstić information content (AvgIpc) is 2.51. The summed E-state index contributed by atoms with van der Waals surface area (Å²) < 4.78 is 27.1. The van der Waals surface area contributed by atoms with E-state index in [0.29, 0.717) is 11.4 Å². The lowest BCUT2D eigenvalue weighted by Crippen LogP contribution is -2.47. The van der Waals surface area contributed by atoms with Crippen molar-refractivity contribution >= 4 is 17.3 Å². The molecular weight excluding hydrogens is 286 g/mol. The van der Waals surface area contributed by atoms with Gasteiger partial charge in [-0.1, -0.05) is 30.3 Å². The summed E-state index contributed by atoms with van der Waals surface area (Å²) in [4.78, 5) is 14.1. The molecule has 2 aromatic carbocycles. The van der Waals surface area contributed by atoms with E-state index in [4.69, 9.17) is 0 Å². The summed E-state index contributed by atoms with van der Waals surface area (Å²) in [5.41, 5.74) is 1.72. The number of hydrogen-bond acceptors (Lipinski definition) is 2. The van der Waals surface area contributed by atoms with E-state index in [1.807, 2.05) is 37.3 Å². The molecule has 5 heteroatoms. The molecule has 1 N–H and O–H groups in total. The Hall–Kier alpha value is -2.43. The fourth-order valence-corrected chi connectivity index (χ4v) is 2.75. The molecule has 114 valence electrons. The Morgan fingerprint density at radius 2 is 1.77 bits per heavy atom. The third-order valence-corrected chi connectivity index (χ3v) is 3.95. The highest BCUT2D eigenvalue weighted by atomic mass is 19.2. The van der Waals surface area contributed by atoms with Crippen molar-refractivity contribution in [2.75, 3.05) is 10.2 Å². The van der Waals surface area contributed by atoms with Gasteiger partial charge in [0.15, 0.2) is 11.6 Å². The van der Waals surface area contributed by atoms with Crippen molar-refractivity contribution in [3.05, 3.63) is 59.7 Å². The maximum atomic E-state index is 13.6. The van der Waals surface area contributed by atoms with Crippen LogP contribution in [0.25, 0.3) is 0 Å². The number of fused-ring (bicyclic) bond motifs is 1. The number of hydrogen-bond donors (Lipinski definition) is 1. The average molecular weight is 302 g/mol. The normalized spacial score (nSPS) is 18.6. The molecule has 1 amide bonds. The fraction of sp³-hybridized carbons (Fsp3) is 0.235. The number of carbonyl (C=O) groups excluding carboxylic acids is 1. The Morgan fingerprint density at radius 1 is 1.14 bits per heavy atom. The summed E-state index contributed by atoms with van der Waals surface area (Å²) >= 11 is 0. The van der Waals surface area contributed by atoms with Crippen molar-refractivity contribution in [3.63, 3.8) is 0 Å². The van der Waals surface area contributed by atoms with Crippen LogP contribution in [0.1, 0.15) is 25.5 Å². The minimum Gasteiger partial charge on any atom is -0.372 e. The van der Waals surface area contributed by atoms with Gasteiger partial charge in [0.05, 0.1) is 17.4 Å². The van der Waals surface area contributed by atoms with Gasteiger partial charge in [0.1, 0.15) is 6.04 Å². The quantitative estimate of drug-likeness (QED) is 0.913. The van der Waals surface area contributed by atoms with Crippen molar-refractivity contribution in [2.45, 2.75) is 25.9 Å². The number of nitrogens with zero attached hydrogens (tertiary/aromatic N) is 1. The predicted octanol–water partition coefficient (Wildman–Crippen LogP) is 3.87. The number of nitrogens with one attached hydrogen (secondary N) is 1. The molecule has 0 spiro atoms. The van der Waals surface area contributed by atoms with E-state index in [2.05, 4.69) is 5.32 Å². The fourth-order valence-electron chi connectivity index (χ4n) is 2.75. The van der Waals surface area contributed by atoms with Crippen molar-refractivity contribution < 1.29 is 13.6 Å². The molecule has 2 unspecified atom stereocenters. The highest BCUT2D eigenvalue weighted by molar-refractivity contribution is 6.05. The summed E-state index contributed by atoms with van der Waals surface area (Å²) in [6, 6.07) is 10.9. The smallest absolute Gasteiger partial charge is 0.249 e. The van der Waals surface area contributed by atoms with Crippen LogP contribution in [-0.2, 0) is 4.79 Å². The van der Waals surface area contributed by atoms with Crippen LogP contribution < -0.4 is 10.2 Å². The zero-order valence-electron chi connectivity index (χ0n) is 12.3. The lowest BCUT2D eigenvalue weighted by Gasteiger charge is -2.38. The highest BCUT2D eigenvalue weighted by Crippen LogP contribution is 2.38. The first kappa shape index (κ1) is 14.5. The van der Waals surface area contributed by atoms with Crippen LogP contribution in [0.5, 0.6) is 0 Å². The van der Waals surface area contributed by atoms with Gasteiger partial charge in [0.25, 0.3) is 0 Å². The van der Waals surface area contributed by atoms with Crippen LogP contribution in [0.3, 0.4) is 0 Å². The molecule has 0 saturated carbocycles. The predicted molar refractivity (Wildman–Crippen MR) is 81.8 cm³/mol. The van der Waals surface area contributed by atoms with Gasteiger partial charge in [-0.3, -0.25) is 4.79 Å². The summed E-state index contributed by atoms with van der Waals surface area (Å²) in [6.45, 7) is 3.58. The van der Waals surface area contributed by atoms with Crippen LogP contribution in [-0.4, -0.2) is 11.9 Å². The van der Waals surface area contributed by atoms with E-state index in [1.54, 1.807) is 6.92 Å². The molecule has 0 saturated heterocycles. The minimum atomic E-state index is -0.965. The number of amides is 1. The summed E-state index contributed by atoms with van der Waals surface area (Å²) in [5, 5.41) is 2.92. The van der Waals surface area contributed by atoms with Gasteiger partial charge in [0, 0.05) is 12.1 Å². The lowest BCUT2D eigenvalue weighted by molar-refractivity contribution is -0.119. The largest absolute Gasteiger partial charge is 0.372 e. The van der Waals surface area contributed by atoms with Crippen molar-refractivity contribution in [2.24, 2.45) is 0 Å². The van der Waals surface area contributed by atoms with Gasteiger partial charge in [-0.25, -0.2) is 8.78 Å². The Balaban J connectivity index is 2.11. The molecule has 0 bridgehead atoms. The molecule has 1 aliphatic heterocycles. The first-order chi connectivity index (χ1) is 10.5. The van der Waals surface area contributed by atoms with Gasteiger partial charge in [-0.2, -0.15) is 0 Å². The van der Waals surface area contributed by atoms with Crippen LogP contribution in [0, 0.1) is 11.6 Å². The molecule has 2 aromatic rings. The van der Waals surface area contributed by atoms with E-state index < -0.39 is 17.7 Å². The second kappa shape index (κ2) is 5.40. The standard InChI is InChI=1S/C17H16F2N2O/c1-10-17(22)21(11(2)12-6-4-3-5-7-12)16-9-14(19)13(18)8-15(16)20-10/h3-11,20H,1-2H3. The van der Waals surface area contributed by atoms with Crippen molar-refractivity contribution in [1.29, 1.82) is 0 Å². The van der Waals surface area contributed by atoms with Crippen LogP contribution in [0.4, 0.5) is 20.2 Å². The molecule has 1 heterocycles. The second-order valence-electron chi connectivity index (χ2n) is 5.44. The Morgan fingerprint density at radius 3 is 2.45 bits per heavy atom. The van der Waals surface area contributed by atoms with E-state index in [9.17, 15) is 13.6 Å². The number of benzene rings is 2. The molecule has 3 nitrogen and oxygen atoms in total. The molecular formula is C17H16F2N2O. The Labute approximate surface area is 127 Å². The van der Waals surface area contributed by atoms with Gasteiger partial charge in [-0.05, 0) is 19.4 Å². The first-order valence-electron chi connectivity index (χ1n) is 7.12. The van der Waals surface area contributed by atoms with E-state index in [-0.39, 0.29) is 11.9 Å². The summed E-state index contributed by atoms with van der Waals surface area (Å²) in [6.07, 6.45) is 0. The molecule has 0 aliphatic carbocycles. The van der Waals surface area contributed by atoms with Crippen LogP contribution in [0.15, 0.2) is 42.5 Å². The topological polar surface area (TPSA) is 32.3 Å². The second-order valence-corrected chi connectivity index (χ2v) is 5.44. The Kier molecular flexibility index (Phi) is 3.56. The summed E-state index contributed by atoms with van der Waals surface area (Å²) in [7, 11) is 0. The maximum absolute atomic E-state index is 13.6. The van der Waals surface area contributed by atoms with Crippen LogP contribution >= 0.6 is 0 Å². The number of carbonyl (C=O) groups is 1. The molecule has 2 atom stereocenters.